The maximum atomic E-state index is 13.5. The molecule has 1 N–H and O–H groups in total. The topological polar surface area (TPSA) is 41.1 Å². The summed E-state index contributed by atoms with van der Waals surface area (Å²) in [5, 5.41) is 3.33. The van der Waals surface area contributed by atoms with Crippen molar-refractivity contribution in [3.05, 3.63) is 42.1 Å². The summed E-state index contributed by atoms with van der Waals surface area (Å²) in [5.41, 5.74) is 2.61. The molecule has 0 aliphatic carbocycles. The molecule has 3 rings (SSSR count). The Kier molecular flexibility index (Phi) is 4.10. The Morgan fingerprint density at radius 3 is 2.81 bits per heavy atom. The molecular formula is C16H19FN4. The molecule has 2 aromatic rings. The third-order valence-corrected chi connectivity index (χ3v) is 3.69. The molecule has 0 saturated carbocycles. The molecule has 0 atom stereocenters. The fraction of sp³-hybridized carbons (Fsp3) is 0.375. The Morgan fingerprint density at radius 1 is 1.29 bits per heavy atom. The molecule has 1 aromatic heterocycles. The van der Waals surface area contributed by atoms with Gasteiger partial charge < -0.3 is 10.2 Å². The quantitative estimate of drug-likeness (QED) is 0.939. The highest BCUT2D eigenvalue weighted by Gasteiger charge is 2.17. The van der Waals surface area contributed by atoms with Crippen LogP contribution < -0.4 is 10.2 Å². The summed E-state index contributed by atoms with van der Waals surface area (Å²) >= 11 is 0. The Hall–Kier alpha value is -2.01. The van der Waals surface area contributed by atoms with Gasteiger partial charge in [0.25, 0.3) is 0 Å². The predicted molar refractivity (Wildman–Crippen MR) is 81.9 cm³/mol. The number of hydrogen-bond acceptors (Lipinski definition) is 4. The molecule has 0 unspecified atom stereocenters. The number of aromatic nitrogens is 2. The Labute approximate surface area is 124 Å². The van der Waals surface area contributed by atoms with Crippen LogP contribution >= 0.6 is 0 Å². The molecule has 1 aliphatic rings. The second-order valence-corrected chi connectivity index (χ2v) is 5.12. The van der Waals surface area contributed by atoms with Crippen molar-refractivity contribution in [2.24, 2.45) is 0 Å². The molecule has 2 heterocycles. The van der Waals surface area contributed by atoms with Crippen LogP contribution in [0.2, 0.25) is 0 Å². The molecule has 5 heteroatoms. The van der Waals surface area contributed by atoms with Crippen molar-refractivity contribution in [1.82, 2.24) is 15.3 Å². The molecule has 110 valence electrons. The van der Waals surface area contributed by atoms with E-state index in [0.717, 1.165) is 55.4 Å². The molecule has 0 radical (unpaired) electrons. The molecular weight excluding hydrogens is 267 g/mol. The van der Waals surface area contributed by atoms with Crippen LogP contribution in [0.4, 0.5) is 10.1 Å². The van der Waals surface area contributed by atoms with E-state index in [4.69, 9.17) is 0 Å². The smallest absolute Gasteiger partial charge is 0.128 e. The van der Waals surface area contributed by atoms with Crippen LogP contribution in [0.1, 0.15) is 12.7 Å². The Bertz CT molecular complexity index is 623. The minimum atomic E-state index is -0.240. The molecule has 0 spiro atoms. The SMILES string of the molecule is CCc1ncc(N2CCNCC2)c(-c2cccc(F)c2)n1. The first kappa shape index (κ1) is 13.9. The maximum Gasteiger partial charge on any atom is 0.128 e. The van der Waals surface area contributed by atoms with Crippen molar-refractivity contribution in [3.63, 3.8) is 0 Å². The van der Waals surface area contributed by atoms with Crippen LogP contribution in [-0.2, 0) is 6.42 Å². The van der Waals surface area contributed by atoms with Gasteiger partial charge in [-0.15, -0.1) is 0 Å². The molecule has 0 bridgehead atoms. The highest BCUT2D eigenvalue weighted by molar-refractivity contribution is 5.74. The lowest BCUT2D eigenvalue weighted by Crippen LogP contribution is -2.43. The zero-order valence-electron chi connectivity index (χ0n) is 12.1. The van der Waals surface area contributed by atoms with Crippen LogP contribution in [0.5, 0.6) is 0 Å². The van der Waals surface area contributed by atoms with Crippen molar-refractivity contribution in [2.75, 3.05) is 31.1 Å². The number of rotatable bonds is 3. The number of nitrogens with zero attached hydrogens (tertiary/aromatic N) is 3. The number of nitrogens with one attached hydrogen (secondary N) is 1. The highest BCUT2D eigenvalue weighted by Crippen LogP contribution is 2.29. The van der Waals surface area contributed by atoms with E-state index < -0.39 is 0 Å². The molecule has 21 heavy (non-hydrogen) atoms. The van der Waals surface area contributed by atoms with E-state index in [1.54, 1.807) is 6.07 Å². The van der Waals surface area contributed by atoms with E-state index in [0.29, 0.717) is 0 Å². The summed E-state index contributed by atoms with van der Waals surface area (Å²) in [4.78, 5) is 11.3. The first-order valence-electron chi connectivity index (χ1n) is 7.35. The lowest BCUT2D eigenvalue weighted by Gasteiger charge is -2.30. The van der Waals surface area contributed by atoms with Crippen molar-refractivity contribution in [2.45, 2.75) is 13.3 Å². The van der Waals surface area contributed by atoms with Crippen molar-refractivity contribution < 1.29 is 4.39 Å². The third-order valence-electron chi connectivity index (χ3n) is 3.69. The van der Waals surface area contributed by atoms with Gasteiger partial charge in [-0.25, -0.2) is 14.4 Å². The molecule has 1 fully saturated rings. The second-order valence-electron chi connectivity index (χ2n) is 5.12. The van der Waals surface area contributed by atoms with Crippen molar-refractivity contribution in [3.8, 4) is 11.3 Å². The van der Waals surface area contributed by atoms with Gasteiger partial charge in [0.1, 0.15) is 11.6 Å². The van der Waals surface area contributed by atoms with Crippen molar-refractivity contribution >= 4 is 5.69 Å². The lowest BCUT2D eigenvalue weighted by molar-refractivity contribution is 0.588. The molecule has 0 amide bonds. The van der Waals surface area contributed by atoms with Crippen LogP contribution in [0.25, 0.3) is 11.3 Å². The van der Waals surface area contributed by atoms with Gasteiger partial charge in [-0.1, -0.05) is 19.1 Å². The van der Waals surface area contributed by atoms with Gasteiger partial charge in [0.05, 0.1) is 17.6 Å². The largest absolute Gasteiger partial charge is 0.366 e. The Balaban J connectivity index is 2.06. The fourth-order valence-corrected chi connectivity index (χ4v) is 2.57. The van der Waals surface area contributed by atoms with Gasteiger partial charge in [-0.3, -0.25) is 0 Å². The summed E-state index contributed by atoms with van der Waals surface area (Å²) in [5.74, 6) is 0.545. The normalized spacial score (nSPS) is 15.2. The van der Waals surface area contributed by atoms with Crippen LogP contribution in [0.15, 0.2) is 30.5 Å². The van der Waals surface area contributed by atoms with E-state index in [1.165, 1.54) is 12.1 Å². The molecule has 1 aromatic carbocycles. The van der Waals surface area contributed by atoms with E-state index in [2.05, 4.69) is 20.2 Å². The average molecular weight is 286 g/mol. The van der Waals surface area contributed by atoms with E-state index in [9.17, 15) is 4.39 Å². The highest BCUT2D eigenvalue weighted by atomic mass is 19.1. The molecule has 1 aliphatic heterocycles. The number of aryl methyl sites for hydroxylation is 1. The van der Waals surface area contributed by atoms with Crippen molar-refractivity contribution in [1.29, 1.82) is 0 Å². The number of piperazine rings is 1. The minimum absolute atomic E-state index is 0.240. The van der Waals surface area contributed by atoms with E-state index >= 15 is 0 Å². The first-order valence-corrected chi connectivity index (χ1v) is 7.35. The summed E-state index contributed by atoms with van der Waals surface area (Å²) in [6, 6.07) is 6.61. The molecule has 4 nitrogen and oxygen atoms in total. The lowest BCUT2D eigenvalue weighted by atomic mass is 10.1. The number of hydrogen-bond donors (Lipinski definition) is 1. The third kappa shape index (κ3) is 3.03. The summed E-state index contributed by atoms with van der Waals surface area (Å²) in [6.07, 6.45) is 2.64. The zero-order chi connectivity index (χ0) is 14.7. The second kappa shape index (κ2) is 6.18. The van der Waals surface area contributed by atoms with Gasteiger partial charge >= 0.3 is 0 Å². The number of halogens is 1. The predicted octanol–water partition coefficient (Wildman–Crippen LogP) is 2.25. The van der Waals surface area contributed by atoms with E-state index in [-0.39, 0.29) is 5.82 Å². The van der Waals surface area contributed by atoms with Gasteiger partial charge in [0.15, 0.2) is 0 Å². The fourth-order valence-electron chi connectivity index (χ4n) is 2.57. The monoisotopic (exact) mass is 286 g/mol. The maximum absolute atomic E-state index is 13.5. The van der Waals surface area contributed by atoms with E-state index in [1.807, 2.05) is 19.2 Å². The van der Waals surface area contributed by atoms with Gasteiger partial charge in [0, 0.05) is 38.2 Å². The zero-order valence-corrected chi connectivity index (χ0v) is 12.1. The summed E-state index contributed by atoms with van der Waals surface area (Å²) < 4.78 is 13.5. The van der Waals surface area contributed by atoms with Crippen LogP contribution in [-0.4, -0.2) is 36.1 Å². The minimum Gasteiger partial charge on any atom is -0.366 e. The van der Waals surface area contributed by atoms with Gasteiger partial charge in [-0.2, -0.15) is 0 Å². The van der Waals surface area contributed by atoms with Gasteiger partial charge in [0.2, 0.25) is 0 Å². The summed E-state index contributed by atoms with van der Waals surface area (Å²) in [6.45, 7) is 5.74. The number of benzene rings is 1. The molecule has 1 saturated heterocycles. The van der Waals surface area contributed by atoms with Crippen LogP contribution in [0.3, 0.4) is 0 Å². The Morgan fingerprint density at radius 2 is 2.10 bits per heavy atom. The average Bonchev–Trinajstić information content (AvgIpc) is 2.55. The van der Waals surface area contributed by atoms with Crippen LogP contribution in [0, 0.1) is 5.82 Å². The van der Waals surface area contributed by atoms with Gasteiger partial charge in [-0.05, 0) is 12.1 Å². The number of anilines is 1. The summed E-state index contributed by atoms with van der Waals surface area (Å²) in [7, 11) is 0. The standard InChI is InChI=1S/C16H19FN4/c1-2-15-19-11-14(21-8-6-18-7-9-21)16(20-15)12-4-3-5-13(17)10-12/h3-5,10-11,18H,2,6-9H2,1H3. The first-order chi connectivity index (χ1) is 10.3.